The maximum atomic E-state index is 12.2. The van der Waals surface area contributed by atoms with E-state index >= 15 is 0 Å². The van der Waals surface area contributed by atoms with E-state index in [2.05, 4.69) is 0 Å². The Morgan fingerprint density at radius 3 is 3.06 bits per heavy atom. The summed E-state index contributed by atoms with van der Waals surface area (Å²) in [4.78, 5) is 1.32. The molecule has 0 aliphatic carbocycles. The molecule has 1 aromatic heterocycles. The second-order valence-electron chi connectivity index (χ2n) is 4.49. The number of hydrogen-bond donors (Lipinski definition) is 0. The van der Waals surface area contributed by atoms with E-state index in [9.17, 15) is 8.42 Å². The quantitative estimate of drug-likeness (QED) is 0.799. The maximum absolute atomic E-state index is 12.2. The third kappa shape index (κ3) is 3.02. The standard InChI is InChI=1S/C11H16ClNO2S2/c1-9(6-12)8-17(14,15)13-4-2-11-10(7-13)3-5-16-11/h3,5,9H,2,4,6-8H2,1H3. The molecule has 2 heterocycles. The third-order valence-electron chi connectivity index (χ3n) is 2.92. The Kier molecular flexibility index (Phi) is 4.13. The van der Waals surface area contributed by atoms with Gasteiger partial charge in [-0.2, -0.15) is 4.31 Å². The van der Waals surface area contributed by atoms with E-state index < -0.39 is 10.0 Å². The van der Waals surface area contributed by atoms with Crippen molar-refractivity contribution >= 4 is 33.0 Å². The van der Waals surface area contributed by atoms with Crippen LogP contribution in [-0.2, 0) is 23.0 Å². The van der Waals surface area contributed by atoms with Gasteiger partial charge >= 0.3 is 0 Å². The summed E-state index contributed by atoms with van der Waals surface area (Å²) in [5.41, 5.74) is 1.16. The summed E-state index contributed by atoms with van der Waals surface area (Å²) in [7, 11) is -3.16. The lowest BCUT2D eigenvalue weighted by Gasteiger charge is -2.27. The molecule has 0 bridgehead atoms. The Balaban J connectivity index is 2.10. The van der Waals surface area contributed by atoms with E-state index in [0.717, 1.165) is 12.0 Å². The van der Waals surface area contributed by atoms with Gasteiger partial charge in [0.25, 0.3) is 0 Å². The lowest BCUT2D eigenvalue weighted by atomic mass is 10.1. The Bertz CT molecular complexity index is 483. The van der Waals surface area contributed by atoms with Crippen molar-refractivity contribution in [2.45, 2.75) is 19.9 Å². The lowest BCUT2D eigenvalue weighted by Crippen LogP contribution is -2.38. The number of alkyl halides is 1. The highest BCUT2D eigenvalue weighted by Crippen LogP contribution is 2.26. The molecule has 0 spiro atoms. The number of hydrogen-bond acceptors (Lipinski definition) is 3. The third-order valence-corrected chi connectivity index (χ3v) is 6.56. The molecule has 1 atom stereocenters. The normalized spacial score (nSPS) is 18.9. The highest BCUT2D eigenvalue weighted by atomic mass is 35.5. The fourth-order valence-electron chi connectivity index (χ4n) is 1.97. The SMILES string of the molecule is CC(CCl)CS(=O)(=O)N1CCc2sccc2C1. The Morgan fingerprint density at radius 2 is 2.35 bits per heavy atom. The van der Waals surface area contributed by atoms with Crippen molar-refractivity contribution in [2.75, 3.05) is 18.2 Å². The van der Waals surface area contributed by atoms with E-state index in [1.54, 1.807) is 15.6 Å². The van der Waals surface area contributed by atoms with Crippen molar-refractivity contribution in [3.8, 4) is 0 Å². The van der Waals surface area contributed by atoms with Gasteiger partial charge in [0.1, 0.15) is 0 Å². The average Bonchev–Trinajstić information content (AvgIpc) is 2.75. The van der Waals surface area contributed by atoms with Crippen molar-refractivity contribution in [3.05, 3.63) is 21.9 Å². The number of sulfonamides is 1. The first-order chi connectivity index (χ1) is 8.03. The van der Waals surface area contributed by atoms with E-state index in [1.165, 1.54) is 4.88 Å². The van der Waals surface area contributed by atoms with Gasteiger partial charge in [-0.05, 0) is 29.3 Å². The van der Waals surface area contributed by atoms with Crippen LogP contribution in [0.15, 0.2) is 11.4 Å². The van der Waals surface area contributed by atoms with Crippen LogP contribution in [0.4, 0.5) is 0 Å². The molecule has 6 heteroatoms. The molecule has 0 amide bonds. The van der Waals surface area contributed by atoms with Crippen LogP contribution in [0, 0.1) is 5.92 Å². The largest absolute Gasteiger partial charge is 0.214 e. The van der Waals surface area contributed by atoms with E-state index in [0.29, 0.717) is 19.0 Å². The monoisotopic (exact) mass is 293 g/mol. The van der Waals surface area contributed by atoms with E-state index in [1.807, 2.05) is 18.4 Å². The molecule has 0 radical (unpaired) electrons. The maximum Gasteiger partial charge on any atom is 0.214 e. The molecule has 1 aromatic rings. The second-order valence-corrected chi connectivity index (χ2v) is 7.81. The zero-order valence-corrected chi connectivity index (χ0v) is 12.1. The average molecular weight is 294 g/mol. The molecule has 1 unspecified atom stereocenters. The molecule has 96 valence electrons. The van der Waals surface area contributed by atoms with Crippen molar-refractivity contribution in [1.29, 1.82) is 0 Å². The van der Waals surface area contributed by atoms with Gasteiger partial charge in [-0.1, -0.05) is 6.92 Å². The number of thiophene rings is 1. The predicted octanol–water partition coefficient (Wildman–Crippen LogP) is 2.31. The first kappa shape index (κ1) is 13.3. The predicted molar refractivity (Wildman–Crippen MR) is 72.1 cm³/mol. The summed E-state index contributed by atoms with van der Waals surface area (Å²) in [5, 5.41) is 2.03. The highest BCUT2D eigenvalue weighted by molar-refractivity contribution is 7.89. The molecule has 3 nitrogen and oxygen atoms in total. The van der Waals surface area contributed by atoms with Crippen molar-refractivity contribution in [3.63, 3.8) is 0 Å². The molecule has 0 N–H and O–H groups in total. The number of nitrogens with zero attached hydrogens (tertiary/aromatic N) is 1. The minimum Gasteiger partial charge on any atom is -0.212 e. The Morgan fingerprint density at radius 1 is 1.59 bits per heavy atom. The molecule has 0 saturated carbocycles. The van der Waals surface area contributed by atoms with Crippen LogP contribution in [-0.4, -0.2) is 30.9 Å². The molecule has 1 aliphatic rings. The van der Waals surface area contributed by atoms with Gasteiger partial charge in [0.05, 0.1) is 5.75 Å². The first-order valence-corrected chi connectivity index (χ1v) is 8.64. The van der Waals surface area contributed by atoms with Crippen LogP contribution in [0.3, 0.4) is 0 Å². The van der Waals surface area contributed by atoms with Gasteiger partial charge in [0, 0.05) is 23.8 Å². The fraction of sp³-hybridized carbons (Fsp3) is 0.636. The smallest absolute Gasteiger partial charge is 0.212 e. The van der Waals surface area contributed by atoms with Crippen molar-refractivity contribution < 1.29 is 8.42 Å². The van der Waals surface area contributed by atoms with Crippen LogP contribution in [0.2, 0.25) is 0 Å². The lowest BCUT2D eigenvalue weighted by molar-refractivity contribution is 0.391. The molecular formula is C11H16ClNO2S2. The Labute approximate surface area is 111 Å². The summed E-state index contributed by atoms with van der Waals surface area (Å²) in [6, 6.07) is 2.02. The van der Waals surface area contributed by atoms with Gasteiger partial charge < -0.3 is 0 Å². The number of fused-ring (bicyclic) bond motifs is 1. The molecule has 2 rings (SSSR count). The summed E-state index contributed by atoms with van der Waals surface area (Å²) in [5.74, 6) is 0.540. The van der Waals surface area contributed by atoms with Gasteiger partial charge in [-0.25, -0.2) is 8.42 Å². The van der Waals surface area contributed by atoms with E-state index in [4.69, 9.17) is 11.6 Å². The topological polar surface area (TPSA) is 37.4 Å². The molecule has 1 aliphatic heterocycles. The number of rotatable bonds is 4. The van der Waals surface area contributed by atoms with E-state index in [-0.39, 0.29) is 11.7 Å². The van der Waals surface area contributed by atoms with Crippen molar-refractivity contribution in [2.24, 2.45) is 5.92 Å². The van der Waals surface area contributed by atoms with Gasteiger partial charge in [0.2, 0.25) is 10.0 Å². The van der Waals surface area contributed by atoms with Crippen LogP contribution < -0.4 is 0 Å². The van der Waals surface area contributed by atoms with Gasteiger partial charge in [0.15, 0.2) is 0 Å². The number of halogens is 1. The van der Waals surface area contributed by atoms with Crippen LogP contribution in [0.25, 0.3) is 0 Å². The van der Waals surface area contributed by atoms with Crippen molar-refractivity contribution in [1.82, 2.24) is 4.31 Å². The molecular weight excluding hydrogens is 278 g/mol. The fourth-order valence-corrected chi connectivity index (χ4v) is 4.85. The molecule has 0 saturated heterocycles. The van der Waals surface area contributed by atoms with Gasteiger partial charge in [-0.3, -0.25) is 0 Å². The van der Waals surface area contributed by atoms with Crippen LogP contribution >= 0.6 is 22.9 Å². The van der Waals surface area contributed by atoms with Crippen LogP contribution in [0.1, 0.15) is 17.4 Å². The first-order valence-electron chi connectivity index (χ1n) is 5.62. The molecule has 17 heavy (non-hydrogen) atoms. The zero-order valence-electron chi connectivity index (χ0n) is 9.73. The summed E-state index contributed by atoms with van der Waals surface area (Å²) >= 11 is 7.39. The molecule has 0 fully saturated rings. The summed E-state index contributed by atoms with van der Waals surface area (Å²) in [6.07, 6.45) is 0.835. The summed E-state index contributed by atoms with van der Waals surface area (Å²) < 4.78 is 25.9. The second kappa shape index (κ2) is 5.26. The van der Waals surface area contributed by atoms with Gasteiger partial charge in [-0.15, -0.1) is 22.9 Å². The zero-order chi connectivity index (χ0) is 12.5. The molecule has 0 aromatic carbocycles. The minimum atomic E-state index is -3.16. The Hall–Kier alpha value is -0.100. The highest BCUT2D eigenvalue weighted by Gasteiger charge is 2.28. The summed E-state index contributed by atoms with van der Waals surface area (Å²) in [6.45, 7) is 2.99. The van der Waals surface area contributed by atoms with Crippen LogP contribution in [0.5, 0.6) is 0 Å². The minimum absolute atomic E-state index is 0.00513.